The fourth-order valence-electron chi connectivity index (χ4n) is 2.85. The van der Waals surface area contributed by atoms with Gasteiger partial charge in [-0.2, -0.15) is 0 Å². The molecule has 1 fully saturated rings. The maximum atomic E-state index is 10.7. The van der Waals surface area contributed by atoms with Crippen LogP contribution in [0.15, 0.2) is 30.3 Å². The van der Waals surface area contributed by atoms with Gasteiger partial charge < -0.3 is 11.1 Å². The fraction of sp³-hybridized carbons (Fsp3) is 0.533. The molecular weight excluding hydrogens is 224 g/mol. The zero-order valence-electron chi connectivity index (χ0n) is 10.8. The Morgan fingerprint density at radius 2 is 2.06 bits per heavy atom. The molecule has 2 atom stereocenters. The lowest BCUT2D eigenvalue weighted by atomic mass is 9.94. The van der Waals surface area contributed by atoms with E-state index < -0.39 is 0 Å². The highest BCUT2D eigenvalue weighted by Gasteiger charge is 2.26. The SMILES string of the molecule is NC(=O)CCN[C@@H]1CCC[C@@H]1Cc1ccccc1. The summed E-state index contributed by atoms with van der Waals surface area (Å²) >= 11 is 0. The molecule has 18 heavy (non-hydrogen) atoms. The second kappa shape index (κ2) is 6.55. The minimum Gasteiger partial charge on any atom is -0.370 e. The Morgan fingerprint density at radius 1 is 1.28 bits per heavy atom. The predicted molar refractivity (Wildman–Crippen MR) is 73.1 cm³/mol. The number of carbonyl (C=O) groups excluding carboxylic acids is 1. The zero-order valence-corrected chi connectivity index (χ0v) is 10.8. The lowest BCUT2D eigenvalue weighted by Crippen LogP contribution is -2.35. The average Bonchev–Trinajstić information content (AvgIpc) is 2.78. The van der Waals surface area contributed by atoms with Gasteiger partial charge in [-0.3, -0.25) is 4.79 Å². The highest BCUT2D eigenvalue weighted by Crippen LogP contribution is 2.28. The van der Waals surface area contributed by atoms with Crippen LogP contribution in [0.4, 0.5) is 0 Å². The molecule has 1 saturated carbocycles. The molecular formula is C15H22N2O. The van der Waals surface area contributed by atoms with Gasteiger partial charge in [0.2, 0.25) is 5.91 Å². The molecule has 0 unspecified atom stereocenters. The molecule has 1 aromatic rings. The number of rotatable bonds is 6. The molecule has 1 amide bonds. The molecule has 3 heteroatoms. The molecule has 0 heterocycles. The Labute approximate surface area is 109 Å². The first-order valence-electron chi connectivity index (χ1n) is 6.81. The van der Waals surface area contributed by atoms with Crippen molar-refractivity contribution >= 4 is 5.91 Å². The van der Waals surface area contributed by atoms with Gasteiger partial charge in [0.1, 0.15) is 0 Å². The molecule has 1 aliphatic carbocycles. The van der Waals surface area contributed by atoms with Crippen LogP contribution in [0.1, 0.15) is 31.2 Å². The van der Waals surface area contributed by atoms with Gasteiger partial charge in [-0.25, -0.2) is 0 Å². The molecule has 3 nitrogen and oxygen atoms in total. The number of nitrogens with two attached hydrogens (primary N) is 1. The summed E-state index contributed by atoms with van der Waals surface area (Å²) in [5.41, 5.74) is 6.56. The zero-order chi connectivity index (χ0) is 12.8. The Hall–Kier alpha value is -1.35. The number of benzene rings is 1. The normalized spacial score (nSPS) is 23.1. The second-order valence-electron chi connectivity index (χ2n) is 5.16. The van der Waals surface area contributed by atoms with Gasteiger partial charge in [0, 0.05) is 19.0 Å². The summed E-state index contributed by atoms with van der Waals surface area (Å²) in [5, 5.41) is 3.48. The Balaban J connectivity index is 1.82. The molecule has 1 aliphatic rings. The van der Waals surface area contributed by atoms with Crippen LogP contribution in [-0.2, 0) is 11.2 Å². The number of nitrogens with one attached hydrogen (secondary N) is 1. The maximum Gasteiger partial charge on any atom is 0.218 e. The number of carbonyl (C=O) groups is 1. The van der Waals surface area contributed by atoms with Crippen molar-refractivity contribution < 1.29 is 4.79 Å². The number of hydrogen-bond acceptors (Lipinski definition) is 2. The topological polar surface area (TPSA) is 55.1 Å². The van der Waals surface area contributed by atoms with Crippen molar-refractivity contribution in [2.24, 2.45) is 11.7 Å². The van der Waals surface area contributed by atoms with Crippen LogP contribution in [0.5, 0.6) is 0 Å². The summed E-state index contributed by atoms with van der Waals surface area (Å²) in [5.74, 6) is 0.473. The van der Waals surface area contributed by atoms with Crippen molar-refractivity contribution in [3.63, 3.8) is 0 Å². The minimum absolute atomic E-state index is 0.222. The summed E-state index contributed by atoms with van der Waals surface area (Å²) in [6.45, 7) is 0.714. The Kier molecular flexibility index (Phi) is 4.76. The van der Waals surface area contributed by atoms with Gasteiger partial charge in [0.15, 0.2) is 0 Å². The van der Waals surface area contributed by atoms with E-state index in [1.807, 2.05) is 0 Å². The largest absolute Gasteiger partial charge is 0.370 e. The average molecular weight is 246 g/mol. The standard InChI is InChI=1S/C15H22N2O/c16-15(18)9-10-17-14-8-4-7-13(14)11-12-5-2-1-3-6-12/h1-3,5-6,13-14,17H,4,7-11H2,(H2,16,18)/t13-,14-/m1/s1. The van der Waals surface area contributed by atoms with E-state index in [-0.39, 0.29) is 5.91 Å². The third-order valence-corrected chi connectivity index (χ3v) is 3.78. The maximum absolute atomic E-state index is 10.7. The summed E-state index contributed by atoms with van der Waals surface area (Å²) in [4.78, 5) is 10.7. The molecule has 0 aliphatic heterocycles. The predicted octanol–water partition coefficient (Wildman–Crippen LogP) is 1.86. The van der Waals surface area contributed by atoms with Gasteiger partial charge in [-0.15, -0.1) is 0 Å². The third kappa shape index (κ3) is 3.84. The second-order valence-corrected chi connectivity index (χ2v) is 5.16. The molecule has 2 rings (SSSR count). The molecule has 0 spiro atoms. The molecule has 0 aromatic heterocycles. The van der Waals surface area contributed by atoms with Crippen LogP contribution in [-0.4, -0.2) is 18.5 Å². The van der Waals surface area contributed by atoms with Gasteiger partial charge in [0.25, 0.3) is 0 Å². The summed E-state index contributed by atoms with van der Waals surface area (Å²) < 4.78 is 0. The van der Waals surface area contributed by atoms with Crippen molar-refractivity contribution in [3.05, 3.63) is 35.9 Å². The van der Waals surface area contributed by atoms with Crippen LogP contribution >= 0.6 is 0 Å². The van der Waals surface area contributed by atoms with E-state index in [4.69, 9.17) is 5.73 Å². The van der Waals surface area contributed by atoms with Crippen LogP contribution in [0.2, 0.25) is 0 Å². The lowest BCUT2D eigenvalue weighted by molar-refractivity contribution is -0.117. The summed E-state index contributed by atoms with van der Waals surface area (Å²) in [6, 6.07) is 11.2. The van der Waals surface area contributed by atoms with E-state index in [9.17, 15) is 4.79 Å². The minimum atomic E-state index is -0.222. The quantitative estimate of drug-likeness (QED) is 0.805. The number of primary amides is 1. The van der Waals surface area contributed by atoms with Crippen LogP contribution in [0.25, 0.3) is 0 Å². The first-order chi connectivity index (χ1) is 8.75. The summed E-state index contributed by atoms with van der Waals surface area (Å²) in [7, 11) is 0. The van der Waals surface area contributed by atoms with Crippen molar-refractivity contribution in [1.82, 2.24) is 5.32 Å². The first-order valence-corrected chi connectivity index (χ1v) is 6.81. The molecule has 0 radical (unpaired) electrons. The van der Waals surface area contributed by atoms with E-state index in [0.717, 1.165) is 6.42 Å². The molecule has 0 saturated heterocycles. The van der Waals surface area contributed by atoms with E-state index >= 15 is 0 Å². The van der Waals surface area contributed by atoms with Gasteiger partial charge in [-0.1, -0.05) is 36.8 Å². The van der Waals surface area contributed by atoms with Crippen molar-refractivity contribution in [2.75, 3.05) is 6.54 Å². The monoisotopic (exact) mass is 246 g/mol. The van der Waals surface area contributed by atoms with E-state index in [0.29, 0.717) is 24.9 Å². The third-order valence-electron chi connectivity index (χ3n) is 3.78. The summed E-state index contributed by atoms with van der Waals surface area (Å²) in [6.07, 6.45) is 5.36. The molecule has 1 aromatic carbocycles. The van der Waals surface area contributed by atoms with Crippen LogP contribution in [0.3, 0.4) is 0 Å². The van der Waals surface area contributed by atoms with E-state index in [2.05, 4.69) is 35.6 Å². The molecule has 98 valence electrons. The highest BCUT2D eigenvalue weighted by molar-refractivity contribution is 5.73. The molecule has 0 bridgehead atoms. The van der Waals surface area contributed by atoms with Crippen LogP contribution in [0, 0.1) is 5.92 Å². The fourth-order valence-corrected chi connectivity index (χ4v) is 2.85. The van der Waals surface area contributed by atoms with E-state index in [1.165, 1.54) is 24.8 Å². The smallest absolute Gasteiger partial charge is 0.218 e. The van der Waals surface area contributed by atoms with Gasteiger partial charge >= 0.3 is 0 Å². The van der Waals surface area contributed by atoms with Gasteiger partial charge in [0.05, 0.1) is 0 Å². The van der Waals surface area contributed by atoms with Crippen molar-refractivity contribution in [2.45, 2.75) is 38.1 Å². The van der Waals surface area contributed by atoms with Gasteiger partial charge in [-0.05, 0) is 30.7 Å². The van der Waals surface area contributed by atoms with Crippen LogP contribution < -0.4 is 11.1 Å². The first kappa shape index (κ1) is 13.1. The highest BCUT2D eigenvalue weighted by atomic mass is 16.1. The Bertz CT molecular complexity index is 377. The lowest BCUT2D eigenvalue weighted by Gasteiger charge is -2.21. The van der Waals surface area contributed by atoms with E-state index in [1.54, 1.807) is 0 Å². The number of amides is 1. The molecule has 3 N–H and O–H groups in total. The Morgan fingerprint density at radius 3 is 2.78 bits per heavy atom. The van der Waals surface area contributed by atoms with Crippen molar-refractivity contribution in [1.29, 1.82) is 0 Å². The van der Waals surface area contributed by atoms with Crippen molar-refractivity contribution in [3.8, 4) is 0 Å². The number of hydrogen-bond donors (Lipinski definition) is 2.